The number of hydrogen-bond donors (Lipinski definition) is 1. The van der Waals surface area contributed by atoms with E-state index in [-0.39, 0.29) is 12.0 Å². The van der Waals surface area contributed by atoms with Crippen LogP contribution in [0.15, 0.2) is 18.3 Å². The fourth-order valence-corrected chi connectivity index (χ4v) is 2.45. The number of amides is 2. The van der Waals surface area contributed by atoms with Crippen molar-refractivity contribution in [2.75, 3.05) is 44.6 Å². The SMILES string of the molecule is CCOC(=O)N1CCN(C(=O)c2cc(NCC(C)C)ccn2)CC1. The zero-order valence-electron chi connectivity index (χ0n) is 14.6. The number of piperazine rings is 1. The molecule has 0 saturated carbocycles. The first kappa shape index (κ1) is 18.0. The Morgan fingerprint density at radius 3 is 2.54 bits per heavy atom. The molecule has 24 heavy (non-hydrogen) atoms. The third kappa shape index (κ3) is 4.84. The largest absolute Gasteiger partial charge is 0.450 e. The van der Waals surface area contributed by atoms with Crippen LogP contribution in [0.3, 0.4) is 0 Å². The summed E-state index contributed by atoms with van der Waals surface area (Å²) in [4.78, 5) is 31.8. The quantitative estimate of drug-likeness (QED) is 0.892. The highest BCUT2D eigenvalue weighted by molar-refractivity contribution is 5.93. The maximum absolute atomic E-state index is 12.6. The maximum Gasteiger partial charge on any atom is 0.409 e. The fraction of sp³-hybridized carbons (Fsp3) is 0.588. The summed E-state index contributed by atoms with van der Waals surface area (Å²) in [5, 5.41) is 3.30. The van der Waals surface area contributed by atoms with E-state index in [1.807, 2.05) is 6.07 Å². The molecule has 1 fully saturated rings. The number of aromatic nitrogens is 1. The van der Waals surface area contributed by atoms with Crippen LogP contribution in [0.4, 0.5) is 10.5 Å². The minimum atomic E-state index is -0.317. The van der Waals surface area contributed by atoms with Crippen LogP contribution < -0.4 is 5.32 Å². The normalized spacial score (nSPS) is 14.7. The highest BCUT2D eigenvalue weighted by Gasteiger charge is 2.26. The second kappa shape index (κ2) is 8.52. The molecule has 7 nitrogen and oxygen atoms in total. The molecule has 1 N–H and O–H groups in total. The molecule has 0 aliphatic carbocycles. The monoisotopic (exact) mass is 334 g/mol. The summed E-state index contributed by atoms with van der Waals surface area (Å²) in [6.45, 7) is 9.18. The number of anilines is 1. The molecule has 132 valence electrons. The van der Waals surface area contributed by atoms with Gasteiger partial charge in [0.15, 0.2) is 0 Å². The average Bonchev–Trinajstić information content (AvgIpc) is 2.60. The van der Waals surface area contributed by atoms with E-state index < -0.39 is 0 Å². The molecular weight excluding hydrogens is 308 g/mol. The summed E-state index contributed by atoms with van der Waals surface area (Å²) in [6, 6.07) is 3.64. The molecule has 2 heterocycles. The van der Waals surface area contributed by atoms with Crippen molar-refractivity contribution in [3.63, 3.8) is 0 Å². The van der Waals surface area contributed by atoms with Gasteiger partial charge < -0.3 is 19.9 Å². The molecule has 0 atom stereocenters. The number of ether oxygens (including phenoxy) is 1. The van der Waals surface area contributed by atoms with Gasteiger partial charge in [-0.15, -0.1) is 0 Å². The van der Waals surface area contributed by atoms with Crippen molar-refractivity contribution in [1.29, 1.82) is 0 Å². The summed E-state index contributed by atoms with van der Waals surface area (Å²) >= 11 is 0. The first-order chi connectivity index (χ1) is 11.5. The van der Waals surface area contributed by atoms with Crippen LogP contribution in [0.1, 0.15) is 31.3 Å². The zero-order valence-corrected chi connectivity index (χ0v) is 14.6. The Morgan fingerprint density at radius 1 is 1.25 bits per heavy atom. The average molecular weight is 334 g/mol. The van der Waals surface area contributed by atoms with Crippen molar-refractivity contribution in [2.45, 2.75) is 20.8 Å². The Kier molecular flexibility index (Phi) is 6.40. The van der Waals surface area contributed by atoms with Gasteiger partial charge in [0.2, 0.25) is 0 Å². The molecule has 0 spiro atoms. The van der Waals surface area contributed by atoms with Crippen molar-refractivity contribution in [1.82, 2.24) is 14.8 Å². The molecule has 1 aliphatic heterocycles. The lowest BCUT2D eigenvalue weighted by Crippen LogP contribution is -2.50. The summed E-state index contributed by atoms with van der Waals surface area (Å²) in [5.41, 5.74) is 1.32. The standard InChI is InChI=1S/C17H26N4O3/c1-4-24-17(23)21-9-7-20(8-10-21)16(22)15-11-14(5-6-18-15)19-12-13(2)3/h5-6,11,13H,4,7-10,12H2,1-3H3,(H,18,19). The zero-order chi connectivity index (χ0) is 17.5. The van der Waals surface area contributed by atoms with Gasteiger partial charge in [-0.3, -0.25) is 9.78 Å². The van der Waals surface area contributed by atoms with Crippen LogP contribution in [0.2, 0.25) is 0 Å². The van der Waals surface area contributed by atoms with Gasteiger partial charge in [0.05, 0.1) is 6.61 Å². The first-order valence-corrected chi connectivity index (χ1v) is 8.42. The van der Waals surface area contributed by atoms with Crippen molar-refractivity contribution in [2.24, 2.45) is 5.92 Å². The molecule has 1 aromatic rings. The molecule has 0 unspecified atom stereocenters. The predicted molar refractivity (Wildman–Crippen MR) is 92.1 cm³/mol. The number of rotatable bonds is 5. The van der Waals surface area contributed by atoms with E-state index in [4.69, 9.17) is 4.74 Å². The highest BCUT2D eigenvalue weighted by Crippen LogP contribution is 2.13. The topological polar surface area (TPSA) is 74.8 Å². The number of carbonyl (C=O) groups excluding carboxylic acids is 2. The number of nitrogens with one attached hydrogen (secondary N) is 1. The van der Waals surface area contributed by atoms with Gasteiger partial charge in [-0.25, -0.2) is 4.79 Å². The van der Waals surface area contributed by atoms with Gasteiger partial charge >= 0.3 is 6.09 Å². The first-order valence-electron chi connectivity index (χ1n) is 8.42. The molecule has 2 amide bonds. The number of nitrogens with zero attached hydrogens (tertiary/aromatic N) is 3. The molecule has 7 heteroatoms. The van der Waals surface area contributed by atoms with Gasteiger partial charge in [0.1, 0.15) is 5.69 Å². The fourth-order valence-electron chi connectivity index (χ4n) is 2.45. The van der Waals surface area contributed by atoms with Crippen LogP contribution in [-0.4, -0.2) is 66.1 Å². The smallest absolute Gasteiger partial charge is 0.409 e. The van der Waals surface area contributed by atoms with Gasteiger partial charge in [-0.05, 0) is 25.0 Å². The molecule has 0 radical (unpaired) electrons. The highest BCUT2D eigenvalue weighted by atomic mass is 16.6. The van der Waals surface area contributed by atoms with E-state index in [0.29, 0.717) is 44.4 Å². The third-order valence-corrected chi connectivity index (χ3v) is 3.79. The molecule has 1 aliphatic rings. The molecule has 0 aromatic carbocycles. The number of hydrogen-bond acceptors (Lipinski definition) is 5. The second-order valence-electron chi connectivity index (χ2n) is 6.18. The van der Waals surface area contributed by atoms with Crippen molar-refractivity contribution in [3.05, 3.63) is 24.0 Å². The van der Waals surface area contributed by atoms with Crippen molar-refractivity contribution < 1.29 is 14.3 Å². The van der Waals surface area contributed by atoms with Crippen LogP contribution in [0.5, 0.6) is 0 Å². The van der Waals surface area contributed by atoms with Gasteiger partial charge in [0.25, 0.3) is 5.91 Å². The Balaban J connectivity index is 1.93. The van der Waals surface area contributed by atoms with E-state index in [0.717, 1.165) is 12.2 Å². The third-order valence-electron chi connectivity index (χ3n) is 3.79. The summed E-state index contributed by atoms with van der Waals surface area (Å²) in [5.74, 6) is 0.417. The summed E-state index contributed by atoms with van der Waals surface area (Å²) in [7, 11) is 0. The number of pyridine rings is 1. The van der Waals surface area contributed by atoms with E-state index >= 15 is 0 Å². The van der Waals surface area contributed by atoms with Crippen LogP contribution in [-0.2, 0) is 4.74 Å². The minimum absolute atomic E-state index is 0.105. The van der Waals surface area contributed by atoms with Crippen LogP contribution in [0.25, 0.3) is 0 Å². The Bertz CT molecular complexity index is 569. The van der Waals surface area contributed by atoms with Crippen LogP contribution in [0, 0.1) is 5.92 Å². The van der Waals surface area contributed by atoms with Crippen molar-refractivity contribution in [3.8, 4) is 0 Å². The Labute approximate surface area is 143 Å². The molecule has 2 rings (SSSR count). The Hall–Kier alpha value is -2.31. The van der Waals surface area contributed by atoms with E-state index in [9.17, 15) is 9.59 Å². The minimum Gasteiger partial charge on any atom is -0.450 e. The van der Waals surface area contributed by atoms with Gasteiger partial charge in [0, 0.05) is 44.6 Å². The second-order valence-corrected chi connectivity index (χ2v) is 6.18. The van der Waals surface area contributed by atoms with Gasteiger partial charge in [-0.1, -0.05) is 13.8 Å². The molecule has 1 aromatic heterocycles. The maximum atomic E-state index is 12.6. The summed E-state index contributed by atoms with van der Waals surface area (Å²) < 4.78 is 4.99. The predicted octanol–water partition coefficient (Wildman–Crippen LogP) is 2.06. The molecule has 0 bridgehead atoms. The van der Waals surface area contributed by atoms with Crippen molar-refractivity contribution >= 4 is 17.7 Å². The van der Waals surface area contributed by atoms with E-state index in [1.165, 1.54) is 0 Å². The van der Waals surface area contributed by atoms with E-state index in [2.05, 4.69) is 24.1 Å². The number of carbonyl (C=O) groups is 2. The molecule has 1 saturated heterocycles. The lowest BCUT2D eigenvalue weighted by atomic mass is 10.2. The van der Waals surface area contributed by atoms with E-state index in [1.54, 1.807) is 29.0 Å². The van der Waals surface area contributed by atoms with Gasteiger partial charge in [-0.2, -0.15) is 0 Å². The lowest BCUT2D eigenvalue weighted by Gasteiger charge is -2.33. The Morgan fingerprint density at radius 2 is 1.92 bits per heavy atom. The summed E-state index contributed by atoms with van der Waals surface area (Å²) in [6.07, 6.45) is 1.33. The molecular formula is C17H26N4O3. The lowest BCUT2D eigenvalue weighted by molar-refractivity contribution is 0.0566. The van der Waals surface area contributed by atoms with Crippen LogP contribution >= 0.6 is 0 Å².